The summed E-state index contributed by atoms with van der Waals surface area (Å²) in [7, 11) is 0. The Morgan fingerprint density at radius 3 is 2.33 bits per heavy atom. The Hall–Kier alpha value is -1.26. The van der Waals surface area contributed by atoms with Crippen LogP contribution in [-0.2, 0) is 9.59 Å². The summed E-state index contributed by atoms with van der Waals surface area (Å²) in [5.74, 6) is -0.121. The minimum atomic E-state index is -1.90. The van der Waals surface area contributed by atoms with Crippen molar-refractivity contribution in [3.05, 3.63) is 23.3 Å². The van der Waals surface area contributed by atoms with E-state index in [1.807, 2.05) is 6.92 Å². The van der Waals surface area contributed by atoms with Crippen molar-refractivity contribution < 1.29 is 19.8 Å². The summed E-state index contributed by atoms with van der Waals surface area (Å²) < 4.78 is 0. The number of allylic oxidation sites excluding steroid dienone is 1. The van der Waals surface area contributed by atoms with Gasteiger partial charge in [0.2, 0.25) is 0 Å². The highest BCUT2D eigenvalue weighted by atomic mass is 16.3. The smallest absolute Gasteiger partial charge is 0.188 e. The molecule has 4 heteroatoms. The molecule has 0 aromatic heterocycles. The molecule has 0 spiro atoms. The average molecular weight is 332 g/mol. The van der Waals surface area contributed by atoms with Crippen LogP contribution in [-0.4, -0.2) is 33.0 Å². The van der Waals surface area contributed by atoms with E-state index < -0.39 is 11.2 Å². The molecule has 0 aromatic carbocycles. The second-order valence-electron chi connectivity index (χ2n) is 8.91. The van der Waals surface area contributed by atoms with E-state index >= 15 is 0 Å². The van der Waals surface area contributed by atoms with Crippen LogP contribution in [0.15, 0.2) is 23.3 Å². The molecule has 24 heavy (non-hydrogen) atoms. The largest absolute Gasteiger partial charge is 0.386 e. The second kappa shape index (κ2) is 5.12. The third kappa shape index (κ3) is 2.51. The topological polar surface area (TPSA) is 74.6 Å². The van der Waals surface area contributed by atoms with Crippen molar-refractivity contribution in [1.82, 2.24) is 0 Å². The average Bonchev–Trinajstić information content (AvgIpc) is 2.91. The van der Waals surface area contributed by atoms with Crippen LogP contribution in [0.5, 0.6) is 0 Å². The molecule has 0 amide bonds. The first-order valence-electron chi connectivity index (χ1n) is 8.87. The lowest BCUT2D eigenvalue weighted by atomic mass is 9.81. The maximum atomic E-state index is 13.0. The Kier molecular flexibility index (Phi) is 3.75. The number of hydrogen-bond donors (Lipinski definition) is 2. The van der Waals surface area contributed by atoms with Gasteiger partial charge in [-0.15, -0.1) is 0 Å². The molecule has 1 fully saturated rings. The maximum absolute atomic E-state index is 13.0. The summed E-state index contributed by atoms with van der Waals surface area (Å²) in [6.07, 6.45) is 4.88. The van der Waals surface area contributed by atoms with E-state index in [4.69, 9.17) is 0 Å². The van der Waals surface area contributed by atoms with Crippen LogP contribution >= 0.6 is 0 Å². The normalized spacial score (nSPS) is 44.9. The summed E-state index contributed by atoms with van der Waals surface area (Å²) in [5.41, 5.74) is -2.56. The lowest BCUT2D eigenvalue weighted by Crippen LogP contribution is -2.42. The molecule has 0 radical (unpaired) electrons. The van der Waals surface area contributed by atoms with Crippen LogP contribution in [0.4, 0.5) is 0 Å². The first-order chi connectivity index (χ1) is 10.9. The van der Waals surface area contributed by atoms with Gasteiger partial charge in [-0.05, 0) is 68.1 Å². The van der Waals surface area contributed by atoms with Crippen LogP contribution in [0.3, 0.4) is 0 Å². The molecule has 4 nitrogen and oxygen atoms in total. The molecule has 1 saturated carbocycles. The fourth-order valence-corrected chi connectivity index (χ4v) is 4.81. The second-order valence-corrected chi connectivity index (χ2v) is 8.91. The van der Waals surface area contributed by atoms with E-state index in [2.05, 4.69) is 13.8 Å². The predicted octanol–water partition coefficient (Wildman–Crippen LogP) is 2.59. The quantitative estimate of drug-likeness (QED) is 0.715. The standard InChI is InChI=1S/C20H28O4/c1-11-8-14-13(18(14,3)4)6-7-19(5,23)10-15-16(21)12(2)9-20(15,24)17(11)22/h9-11,13-14,23-24H,6-8H2,1-5H3/t11-,13+,14-,19+,20+/m1/s1. The minimum Gasteiger partial charge on any atom is -0.386 e. The highest BCUT2D eigenvalue weighted by Crippen LogP contribution is 2.63. The van der Waals surface area contributed by atoms with Crippen LogP contribution in [0.1, 0.15) is 53.9 Å². The van der Waals surface area contributed by atoms with Crippen molar-refractivity contribution in [2.75, 3.05) is 0 Å². The van der Waals surface area contributed by atoms with E-state index in [1.54, 1.807) is 13.8 Å². The SMILES string of the molecule is CC1=C[C@@]2(O)C(=O)[C@H](C)C[C@@H]3[C@H](CC[C@](C)(O)C=C2C1=O)C3(C)C. The van der Waals surface area contributed by atoms with Gasteiger partial charge in [0, 0.05) is 11.5 Å². The lowest BCUT2D eigenvalue weighted by molar-refractivity contribution is -0.135. The molecule has 0 bridgehead atoms. The van der Waals surface area contributed by atoms with Gasteiger partial charge in [-0.3, -0.25) is 9.59 Å². The number of aliphatic hydroxyl groups is 2. The molecule has 0 aromatic rings. The Labute approximate surface area is 143 Å². The number of rotatable bonds is 0. The summed E-state index contributed by atoms with van der Waals surface area (Å²) in [6.45, 7) is 9.51. The van der Waals surface area contributed by atoms with Gasteiger partial charge < -0.3 is 10.2 Å². The molecular formula is C20H28O4. The number of hydrogen-bond acceptors (Lipinski definition) is 4. The fourth-order valence-electron chi connectivity index (χ4n) is 4.81. The Morgan fingerprint density at radius 2 is 1.71 bits per heavy atom. The monoisotopic (exact) mass is 332 g/mol. The zero-order valence-corrected chi connectivity index (χ0v) is 15.2. The Bertz CT molecular complexity index is 667. The zero-order chi connectivity index (χ0) is 18.1. The molecule has 0 unspecified atom stereocenters. The fraction of sp³-hybridized carbons (Fsp3) is 0.700. The first kappa shape index (κ1) is 17.6. The van der Waals surface area contributed by atoms with Crippen molar-refractivity contribution in [2.45, 2.75) is 65.1 Å². The molecule has 0 aliphatic heterocycles. The van der Waals surface area contributed by atoms with Crippen LogP contribution in [0.25, 0.3) is 0 Å². The van der Waals surface area contributed by atoms with Crippen molar-refractivity contribution in [2.24, 2.45) is 23.2 Å². The van der Waals surface area contributed by atoms with Crippen molar-refractivity contribution in [1.29, 1.82) is 0 Å². The molecule has 3 rings (SSSR count). The molecular weight excluding hydrogens is 304 g/mol. The van der Waals surface area contributed by atoms with Gasteiger partial charge >= 0.3 is 0 Å². The number of carbonyl (C=O) groups is 2. The number of carbonyl (C=O) groups excluding carboxylic acids is 2. The highest BCUT2D eigenvalue weighted by Gasteiger charge is 2.59. The van der Waals surface area contributed by atoms with Gasteiger partial charge in [0.15, 0.2) is 17.2 Å². The summed E-state index contributed by atoms with van der Waals surface area (Å²) in [6, 6.07) is 0. The van der Waals surface area contributed by atoms with Gasteiger partial charge in [0.05, 0.1) is 5.60 Å². The van der Waals surface area contributed by atoms with Crippen molar-refractivity contribution in [3.63, 3.8) is 0 Å². The van der Waals surface area contributed by atoms with Gasteiger partial charge in [-0.1, -0.05) is 20.8 Å². The van der Waals surface area contributed by atoms with E-state index in [9.17, 15) is 19.8 Å². The first-order valence-corrected chi connectivity index (χ1v) is 8.87. The molecule has 132 valence electrons. The van der Waals surface area contributed by atoms with Crippen LogP contribution in [0, 0.1) is 23.2 Å². The van der Waals surface area contributed by atoms with Gasteiger partial charge in [-0.25, -0.2) is 0 Å². The van der Waals surface area contributed by atoms with Crippen molar-refractivity contribution in [3.8, 4) is 0 Å². The summed E-state index contributed by atoms with van der Waals surface area (Å²) in [4.78, 5) is 25.4. The van der Waals surface area contributed by atoms with Gasteiger partial charge in [0.1, 0.15) is 0 Å². The van der Waals surface area contributed by atoms with E-state index in [0.29, 0.717) is 23.8 Å². The minimum absolute atomic E-state index is 0.0247. The van der Waals surface area contributed by atoms with Crippen LogP contribution in [0.2, 0.25) is 0 Å². The van der Waals surface area contributed by atoms with Crippen LogP contribution < -0.4 is 0 Å². The third-order valence-electron chi connectivity index (χ3n) is 6.57. The number of ketones is 2. The van der Waals surface area contributed by atoms with Crippen molar-refractivity contribution >= 4 is 11.6 Å². The molecule has 5 atom stereocenters. The molecule has 3 aliphatic rings. The number of fused-ring (bicyclic) bond motifs is 2. The van der Waals surface area contributed by atoms with Gasteiger partial charge in [-0.2, -0.15) is 0 Å². The Balaban J connectivity index is 2.06. The lowest BCUT2D eigenvalue weighted by Gasteiger charge is -2.27. The molecule has 0 heterocycles. The van der Waals surface area contributed by atoms with E-state index in [0.717, 1.165) is 12.8 Å². The van der Waals surface area contributed by atoms with E-state index in [-0.39, 0.29) is 28.5 Å². The molecule has 2 N–H and O–H groups in total. The number of Topliss-reactive ketones (excluding diaryl/α,β-unsaturated/α-hetero) is 2. The molecule has 0 saturated heterocycles. The predicted molar refractivity (Wildman–Crippen MR) is 91.2 cm³/mol. The molecule has 3 aliphatic carbocycles. The third-order valence-corrected chi connectivity index (χ3v) is 6.57. The summed E-state index contributed by atoms with van der Waals surface area (Å²) >= 11 is 0. The maximum Gasteiger partial charge on any atom is 0.188 e. The highest BCUT2D eigenvalue weighted by molar-refractivity contribution is 6.19. The zero-order valence-electron chi connectivity index (χ0n) is 15.2. The van der Waals surface area contributed by atoms with E-state index in [1.165, 1.54) is 12.2 Å². The Morgan fingerprint density at radius 1 is 1.08 bits per heavy atom. The summed E-state index contributed by atoms with van der Waals surface area (Å²) in [5, 5.41) is 21.8. The van der Waals surface area contributed by atoms with Gasteiger partial charge in [0.25, 0.3) is 0 Å².